The van der Waals surface area contributed by atoms with Crippen molar-refractivity contribution >= 4 is 17.6 Å². The summed E-state index contributed by atoms with van der Waals surface area (Å²) < 4.78 is 0. The summed E-state index contributed by atoms with van der Waals surface area (Å²) in [7, 11) is 3.51. The Balaban J connectivity index is 1.99. The van der Waals surface area contributed by atoms with Crippen LogP contribution >= 0.6 is 0 Å². The van der Waals surface area contributed by atoms with Gasteiger partial charge in [0.05, 0.1) is 0 Å². The van der Waals surface area contributed by atoms with Gasteiger partial charge in [-0.1, -0.05) is 32.0 Å². The fraction of sp³-hybridized carbons (Fsp3) is 0.600. The van der Waals surface area contributed by atoms with Crippen LogP contribution in [0.1, 0.15) is 26.7 Å². The Morgan fingerprint density at radius 3 is 2.69 bits per heavy atom. The Hall–Kier alpha value is -2.24. The van der Waals surface area contributed by atoms with E-state index in [-0.39, 0.29) is 12.5 Å². The van der Waals surface area contributed by atoms with Crippen molar-refractivity contribution in [2.45, 2.75) is 32.7 Å². The molecule has 1 unspecified atom stereocenters. The SMILES string of the molecule is CC(C)CNC(=NCC(=O)N(C)C)NC1CCCN(c2ccccc2)C1. The van der Waals surface area contributed by atoms with Crippen molar-refractivity contribution in [2.75, 3.05) is 45.2 Å². The second-order valence-electron chi connectivity index (χ2n) is 7.49. The Morgan fingerprint density at radius 2 is 2.04 bits per heavy atom. The predicted octanol–water partition coefficient (Wildman–Crippen LogP) is 1.93. The maximum Gasteiger partial charge on any atom is 0.243 e. The van der Waals surface area contributed by atoms with E-state index in [1.54, 1.807) is 19.0 Å². The van der Waals surface area contributed by atoms with Gasteiger partial charge in [0.15, 0.2) is 5.96 Å². The molecule has 144 valence electrons. The van der Waals surface area contributed by atoms with Gasteiger partial charge >= 0.3 is 0 Å². The molecule has 26 heavy (non-hydrogen) atoms. The first-order valence-electron chi connectivity index (χ1n) is 9.50. The van der Waals surface area contributed by atoms with E-state index in [2.05, 4.69) is 58.6 Å². The number of amides is 1. The summed E-state index contributed by atoms with van der Waals surface area (Å²) in [6.07, 6.45) is 2.24. The summed E-state index contributed by atoms with van der Waals surface area (Å²) in [5, 5.41) is 6.90. The van der Waals surface area contributed by atoms with Crippen LogP contribution in [0.3, 0.4) is 0 Å². The number of hydrogen-bond donors (Lipinski definition) is 2. The second-order valence-corrected chi connectivity index (χ2v) is 7.49. The van der Waals surface area contributed by atoms with Crippen LogP contribution in [-0.2, 0) is 4.79 Å². The molecule has 0 saturated carbocycles. The van der Waals surface area contributed by atoms with Gasteiger partial charge in [0.2, 0.25) is 5.91 Å². The molecule has 1 amide bonds. The number of nitrogens with one attached hydrogen (secondary N) is 2. The van der Waals surface area contributed by atoms with Crippen LogP contribution in [0.4, 0.5) is 5.69 Å². The quantitative estimate of drug-likeness (QED) is 0.602. The second kappa shape index (κ2) is 10.0. The summed E-state index contributed by atoms with van der Waals surface area (Å²) >= 11 is 0. The Kier molecular flexibility index (Phi) is 7.75. The van der Waals surface area contributed by atoms with Gasteiger partial charge in [0, 0.05) is 45.5 Å². The molecule has 1 aromatic rings. The molecule has 0 bridgehead atoms. The van der Waals surface area contributed by atoms with Crippen molar-refractivity contribution in [1.82, 2.24) is 15.5 Å². The molecule has 6 heteroatoms. The molecular formula is C20H33N5O. The van der Waals surface area contributed by atoms with Crippen LogP contribution < -0.4 is 15.5 Å². The first kappa shape index (κ1) is 20.1. The topological polar surface area (TPSA) is 60.0 Å². The zero-order valence-electron chi connectivity index (χ0n) is 16.5. The average molecular weight is 360 g/mol. The number of piperidine rings is 1. The third kappa shape index (κ3) is 6.58. The van der Waals surface area contributed by atoms with Gasteiger partial charge in [-0.2, -0.15) is 0 Å². The standard InChI is InChI=1S/C20H33N5O/c1-16(2)13-21-20(22-14-19(26)24(3)4)23-17-9-8-12-25(15-17)18-10-6-5-7-11-18/h5-7,10-11,16-17H,8-9,12-15H2,1-4H3,(H2,21,22,23). The molecule has 2 rings (SSSR count). The van der Waals surface area contributed by atoms with Gasteiger partial charge in [0.1, 0.15) is 6.54 Å². The van der Waals surface area contributed by atoms with Crippen LogP contribution in [0, 0.1) is 5.92 Å². The normalized spacial score (nSPS) is 18.0. The largest absolute Gasteiger partial charge is 0.369 e. The first-order chi connectivity index (χ1) is 12.5. The van der Waals surface area contributed by atoms with E-state index >= 15 is 0 Å². The van der Waals surface area contributed by atoms with Crippen LogP contribution in [0.5, 0.6) is 0 Å². The number of likely N-dealkylation sites (N-methyl/N-ethyl adjacent to an activating group) is 1. The van der Waals surface area contributed by atoms with Gasteiger partial charge in [-0.05, 0) is 30.9 Å². The van der Waals surface area contributed by atoms with E-state index in [9.17, 15) is 4.79 Å². The van der Waals surface area contributed by atoms with Gasteiger partial charge in [-0.25, -0.2) is 4.99 Å². The summed E-state index contributed by atoms with van der Waals surface area (Å²) in [5.74, 6) is 1.25. The van der Waals surface area contributed by atoms with Crippen molar-refractivity contribution < 1.29 is 4.79 Å². The Bertz CT molecular complexity index is 585. The third-order valence-corrected chi connectivity index (χ3v) is 4.43. The van der Waals surface area contributed by atoms with Crippen LogP contribution in [0.15, 0.2) is 35.3 Å². The number of hydrogen-bond acceptors (Lipinski definition) is 3. The fourth-order valence-electron chi connectivity index (χ4n) is 2.90. The van der Waals surface area contributed by atoms with Gasteiger partial charge < -0.3 is 20.4 Å². The smallest absolute Gasteiger partial charge is 0.243 e. The van der Waals surface area contributed by atoms with E-state index in [0.29, 0.717) is 12.0 Å². The number of para-hydroxylation sites is 1. The molecule has 1 heterocycles. The van der Waals surface area contributed by atoms with Crippen molar-refractivity contribution in [3.05, 3.63) is 30.3 Å². The lowest BCUT2D eigenvalue weighted by atomic mass is 10.0. The first-order valence-corrected chi connectivity index (χ1v) is 9.50. The maximum absolute atomic E-state index is 11.9. The molecule has 6 nitrogen and oxygen atoms in total. The summed E-state index contributed by atoms with van der Waals surface area (Å²) in [6, 6.07) is 10.8. The molecule has 0 aliphatic carbocycles. The molecule has 1 aliphatic rings. The fourth-order valence-corrected chi connectivity index (χ4v) is 2.90. The van der Waals surface area contributed by atoms with E-state index in [1.165, 1.54) is 5.69 Å². The highest BCUT2D eigenvalue weighted by atomic mass is 16.2. The maximum atomic E-state index is 11.9. The minimum Gasteiger partial charge on any atom is -0.369 e. The summed E-state index contributed by atoms with van der Waals surface area (Å²) in [5.41, 5.74) is 1.26. The number of carbonyl (C=O) groups is 1. The number of aliphatic imine (C=N–C) groups is 1. The predicted molar refractivity (Wildman–Crippen MR) is 109 cm³/mol. The van der Waals surface area contributed by atoms with Gasteiger partial charge in [-0.15, -0.1) is 0 Å². The zero-order chi connectivity index (χ0) is 18.9. The molecular weight excluding hydrogens is 326 g/mol. The Morgan fingerprint density at radius 1 is 1.31 bits per heavy atom. The highest BCUT2D eigenvalue weighted by Crippen LogP contribution is 2.19. The highest BCUT2D eigenvalue weighted by molar-refractivity contribution is 5.85. The van der Waals surface area contributed by atoms with Crippen LogP contribution in [0.25, 0.3) is 0 Å². The number of benzene rings is 1. The monoisotopic (exact) mass is 359 g/mol. The number of anilines is 1. The highest BCUT2D eigenvalue weighted by Gasteiger charge is 2.21. The van der Waals surface area contributed by atoms with Gasteiger partial charge in [-0.3, -0.25) is 4.79 Å². The molecule has 0 radical (unpaired) electrons. The molecule has 1 fully saturated rings. The minimum atomic E-state index is 0.00482. The van der Waals surface area contributed by atoms with Crippen molar-refractivity contribution in [3.8, 4) is 0 Å². The van der Waals surface area contributed by atoms with E-state index in [0.717, 1.165) is 38.4 Å². The number of rotatable bonds is 6. The lowest BCUT2D eigenvalue weighted by Gasteiger charge is -2.35. The summed E-state index contributed by atoms with van der Waals surface area (Å²) in [6.45, 7) is 7.33. The minimum absolute atomic E-state index is 0.00482. The average Bonchev–Trinajstić information content (AvgIpc) is 2.64. The lowest BCUT2D eigenvalue weighted by Crippen LogP contribution is -2.52. The van der Waals surface area contributed by atoms with Crippen molar-refractivity contribution in [2.24, 2.45) is 10.9 Å². The third-order valence-electron chi connectivity index (χ3n) is 4.43. The Labute approximate surface area is 157 Å². The molecule has 1 aliphatic heterocycles. The van der Waals surface area contributed by atoms with E-state index in [1.807, 2.05) is 6.07 Å². The van der Waals surface area contributed by atoms with Crippen LogP contribution in [-0.4, -0.2) is 63.1 Å². The summed E-state index contributed by atoms with van der Waals surface area (Å²) in [4.78, 5) is 20.3. The van der Waals surface area contributed by atoms with Crippen LogP contribution in [0.2, 0.25) is 0 Å². The molecule has 2 N–H and O–H groups in total. The molecule has 1 atom stereocenters. The zero-order valence-corrected chi connectivity index (χ0v) is 16.5. The van der Waals surface area contributed by atoms with Gasteiger partial charge in [0.25, 0.3) is 0 Å². The van der Waals surface area contributed by atoms with E-state index < -0.39 is 0 Å². The number of carbonyl (C=O) groups excluding carboxylic acids is 1. The molecule has 0 spiro atoms. The molecule has 1 saturated heterocycles. The van der Waals surface area contributed by atoms with E-state index in [4.69, 9.17) is 0 Å². The molecule has 1 aromatic carbocycles. The lowest BCUT2D eigenvalue weighted by molar-refractivity contribution is -0.127. The van der Waals surface area contributed by atoms with Crippen molar-refractivity contribution in [3.63, 3.8) is 0 Å². The number of nitrogens with zero attached hydrogens (tertiary/aromatic N) is 3. The number of guanidine groups is 1. The molecule has 0 aromatic heterocycles. The van der Waals surface area contributed by atoms with Crippen molar-refractivity contribution in [1.29, 1.82) is 0 Å².